The van der Waals surface area contributed by atoms with Crippen LogP contribution < -0.4 is 5.73 Å². The minimum atomic E-state index is -1.03. The van der Waals surface area contributed by atoms with Crippen molar-refractivity contribution in [1.29, 1.82) is 0 Å². The molecule has 6 heteroatoms. The van der Waals surface area contributed by atoms with Crippen LogP contribution in [0.3, 0.4) is 0 Å². The number of nitro benzene ring substituents is 1. The molecule has 1 aromatic rings. The van der Waals surface area contributed by atoms with Gasteiger partial charge in [0.1, 0.15) is 5.69 Å². The maximum Gasteiger partial charge on any atom is 0.311 e. The van der Waals surface area contributed by atoms with E-state index in [-0.39, 0.29) is 11.4 Å². The van der Waals surface area contributed by atoms with E-state index in [0.29, 0.717) is 12.0 Å². The lowest BCUT2D eigenvalue weighted by atomic mass is 9.72. The number of nitrogens with two attached hydrogens (primary N) is 1. The molecule has 0 heterocycles. The second kappa shape index (κ2) is 5.26. The molecule has 6 nitrogen and oxygen atoms in total. The van der Waals surface area contributed by atoms with Gasteiger partial charge in [0.2, 0.25) is 0 Å². The number of anilines is 1. The Morgan fingerprint density at radius 1 is 1.53 bits per heavy atom. The Kier molecular flexibility index (Phi) is 4.14. The Labute approximate surface area is 111 Å². The Bertz CT molecular complexity index is 511. The van der Waals surface area contributed by atoms with E-state index >= 15 is 0 Å². The molecule has 0 spiro atoms. The number of hydrogen-bond acceptors (Lipinski definition) is 4. The van der Waals surface area contributed by atoms with Crippen molar-refractivity contribution in [3.8, 4) is 0 Å². The van der Waals surface area contributed by atoms with Crippen LogP contribution in [0.5, 0.6) is 0 Å². The molecule has 0 fully saturated rings. The molecule has 0 aliphatic heterocycles. The number of benzene rings is 1. The van der Waals surface area contributed by atoms with Crippen molar-refractivity contribution in [3.05, 3.63) is 33.9 Å². The molecule has 0 saturated carbocycles. The first-order valence-corrected chi connectivity index (χ1v) is 5.98. The number of carbonyl (C=O) groups is 1. The smallest absolute Gasteiger partial charge is 0.311 e. The van der Waals surface area contributed by atoms with Crippen LogP contribution in [0, 0.1) is 15.5 Å². The quantitative estimate of drug-likeness (QED) is 0.484. The summed E-state index contributed by atoms with van der Waals surface area (Å²) in [5.74, 6) is -1.91. The topological polar surface area (TPSA) is 106 Å². The molecule has 104 valence electrons. The first-order valence-electron chi connectivity index (χ1n) is 5.98. The van der Waals surface area contributed by atoms with Gasteiger partial charge in [-0.3, -0.25) is 14.9 Å². The van der Waals surface area contributed by atoms with Gasteiger partial charge in [-0.25, -0.2) is 0 Å². The molecule has 1 rings (SSSR count). The monoisotopic (exact) mass is 266 g/mol. The van der Waals surface area contributed by atoms with Crippen molar-refractivity contribution >= 4 is 17.3 Å². The second-order valence-electron chi connectivity index (χ2n) is 5.15. The van der Waals surface area contributed by atoms with E-state index in [9.17, 15) is 20.0 Å². The summed E-state index contributed by atoms with van der Waals surface area (Å²) in [7, 11) is 0. The van der Waals surface area contributed by atoms with Gasteiger partial charge in [-0.15, -0.1) is 0 Å². The number of nitro groups is 1. The van der Waals surface area contributed by atoms with Gasteiger partial charge in [0.15, 0.2) is 0 Å². The summed E-state index contributed by atoms with van der Waals surface area (Å²) in [6.07, 6.45) is 0.617. The number of nitrogens with zero attached hydrogens (tertiary/aromatic N) is 1. The van der Waals surface area contributed by atoms with Crippen LogP contribution in [0.4, 0.5) is 11.4 Å². The third kappa shape index (κ3) is 2.83. The van der Waals surface area contributed by atoms with Crippen LogP contribution in [0.15, 0.2) is 18.2 Å². The fourth-order valence-corrected chi connectivity index (χ4v) is 2.07. The van der Waals surface area contributed by atoms with Gasteiger partial charge < -0.3 is 10.8 Å². The maximum absolute atomic E-state index is 11.5. The van der Waals surface area contributed by atoms with E-state index < -0.39 is 22.2 Å². The molecule has 0 bridgehead atoms. The number of rotatable bonds is 5. The average Bonchev–Trinajstić information content (AvgIpc) is 2.30. The Balaban J connectivity index is 3.45. The predicted molar refractivity (Wildman–Crippen MR) is 72.0 cm³/mol. The summed E-state index contributed by atoms with van der Waals surface area (Å²) in [4.78, 5) is 21.8. The Morgan fingerprint density at radius 3 is 2.53 bits per heavy atom. The minimum absolute atomic E-state index is 0.0681. The molecule has 1 atom stereocenters. The van der Waals surface area contributed by atoms with Gasteiger partial charge in [-0.05, 0) is 17.4 Å². The number of aliphatic carboxylic acids is 1. The Hall–Kier alpha value is -2.11. The SMILES string of the molecule is CCC(C)(C)C(C(=O)O)c1cccc([N+](=O)[O-])c1N. The molecule has 3 N–H and O–H groups in total. The maximum atomic E-state index is 11.5. The second-order valence-corrected chi connectivity index (χ2v) is 5.15. The minimum Gasteiger partial charge on any atom is -0.481 e. The normalized spacial score (nSPS) is 13.0. The van der Waals surface area contributed by atoms with Crippen molar-refractivity contribution in [3.63, 3.8) is 0 Å². The van der Waals surface area contributed by atoms with E-state index in [0.717, 1.165) is 0 Å². The Morgan fingerprint density at radius 2 is 2.11 bits per heavy atom. The van der Waals surface area contributed by atoms with Crippen LogP contribution in [0.1, 0.15) is 38.7 Å². The molecule has 19 heavy (non-hydrogen) atoms. The summed E-state index contributed by atoms with van der Waals surface area (Å²) in [6, 6.07) is 4.28. The number of hydrogen-bond donors (Lipinski definition) is 2. The van der Waals surface area contributed by atoms with E-state index in [1.54, 1.807) is 6.07 Å². The highest BCUT2D eigenvalue weighted by Crippen LogP contribution is 2.42. The average molecular weight is 266 g/mol. The van der Waals surface area contributed by atoms with Crippen LogP contribution in [-0.2, 0) is 4.79 Å². The van der Waals surface area contributed by atoms with Gasteiger partial charge >= 0.3 is 5.97 Å². The summed E-state index contributed by atoms with van der Waals surface area (Å²) in [6.45, 7) is 5.50. The molecule has 0 aliphatic rings. The third-order valence-corrected chi connectivity index (χ3v) is 3.56. The van der Waals surface area contributed by atoms with Crippen LogP contribution in [-0.4, -0.2) is 16.0 Å². The lowest BCUT2D eigenvalue weighted by Crippen LogP contribution is -2.29. The molecular weight excluding hydrogens is 248 g/mol. The van der Waals surface area contributed by atoms with Crippen molar-refractivity contribution in [1.82, 2.24) is 0 Å². The van der Waals surface area contributed by atoms with Crippen LogP contribution >= 0.6 is 0 Å². The summed E-state index contributed by atoms with van der Waals surface area (Å²) in [5.41, 5.74) is 5.20. The fraction of sp³-hybridized carbons (Fsp3) is 0.462. The fourth-order valence-electron chi connectivity index (χ4n) is 2.07. The number of carboxylic acid groups (broad SMARTS) is 1. The van der Waals surface area contributed by atoms with Crippen molar-refractivity contribution in [2.24, 2.45) is 5.41 Å². The zero-order chi connectivity index (χ0) is 14.8. The number of nitrogen functional groups attached to an aromatic ring is 1. The van der Waals surface area contributed by atoms with E-state index in [4.69, 9.17) is 5.73 Å². The lowest BCUT2D eigenvalue weighted by Gasteiger charge is -2.31. The molecule has 0 saturated heterocycles. The van der Waals surface area contributed by atoms with E-state index in [1.807, 2.05) is 20.8 Å². The zero-order valence-electron chi connectivity index (χ0n) is 11.2. The molecule has 1 aromatic carbocycles. The van der Waals surface area contributed by atoms with E-state index in [1.165, 1.54) is 12.1 Å². The van der Waals surface area contributed by atoms with Gasteiger partial charge in [-0.1, -0.05) is 32.9 Å². The van der Waals surface area contributed by atoms with Gasteiger partial charge in [0.25, 0.3) is 5.69 Å². The first-order chi connectivity index (χ1) is 8.72. The molecule has 0 aliphatic carbocycles. The van der Waals surface area contributed by atoms with Crippen LogP contribution in [0.25, 0.3) is 0 Å². The summed E-state index contributed by atoms with van der Waals surface area (Å²) in [5, 5.41) is 20.3. The zero-order valence-corrected chi connectivity index (χ0v) is 11.2. The van der Waals surface area contributed by atoms with Gasteiger partial charge in [0.05, 0.1) is 10.8 Å². The highest BCUT2D eigenvalue weighted by Gasteiger charge is 2.37. The largest absolute Gasteiger partial charge is 0.481 e. The van der Waals surface area contributed by atoms with Gasteiger partial charge in [-0.2, -0.15) is 0 Å². The van der Waals surface area contributed by atoms with Crippen molar-refractivity contribution < 1.29 is 14.8 Å². The number of para-hydroxylation sites is 1. The van der Waals surface area contributed by atoms with Crippen molar-refractivity contribution in [2.75, 3.05) is 5.73 Å². The standard InChI is InChI=1S/C13H18N2O4/c1-4-13(2,3)10(12(16)17)8-6-5-7-9(11(8)14)15(18)19/h5-7,10H,4,14H2,1-3H3,(H,16,17). The molecule has 1 unspecified atom stereocenters. The third-order valence-electron chi connectivity index (χ3n) is 3.56. The van der Waals surface area contributed by atoms with E-state index in [2.05, 4.69) is 0 Å². The highest BCUT2D eigenvalue weighted by atomic mass is 16.6. The molecule has 0 aromatic heterocycles. The highest BCUT2D eigenvalue weighted by molar-refractivity contribution is 5.81. The predicted octanol–water partition coefficient (Wildman–Crippen LogP) is 2.78. The molecule has 0 radical (unpaired) electrons. The van der Waals surface area contributed by atoms with Crippen LogP contribution in [0.2, 0.25) is 0 Å². The van der Waals surface area contributed by atoms with Crippen molar-refractivity contribution in [2.45, 2.75) is 33.1 Å². The summed E-state index contributed by atoms with van der Waals surface area (Å²) >= 11 is 0. The summed E-state index contributed by atoms with van der Waals surface area (Å²) < 4.78 is 0. The first kappa shape index (κ1) is 14.9. The number of carboxylic acids is 1. The van der Waals surface area contributed by atoms with Gasteiger partial charge in [0, 0.05) is 6.07 Å². The lowest BCUT2D eigenvalue weighted by molar-refractivity contribution is -0.384. The molecular formula is C13H18N2O4. The molecule has 0 amide bonds.